The number of nitrogens with two attached hydrogens (primary N) is 1. The van der Waals surface area contributed by atoms with Crippen LogP contribution in [0.5, 0.6) is 0 Å². The Morgan fingerprint density at radius 3 is 2.88 bits per heavy atom. The summed E-state index contributed by atoms with van der Waals surface area (Å²) in [5.74, 6) is -0.269. The van der Waals surface area contributed by atoms with Gasteiger partial charge < -0.3 is 26.0 Å². The summed E-state index contributed by atoms with van der Waals surface area (Å²) >= 11 is 7.81. The third-order valence-electron chi connectivity index (χ3n) is 5.07. The van der Waals surface area contributed by atoms with Gasteiger partial charge in [-0.05, 0) is 36.6 Å². The number of carbonyl (C=O) groups is 2. The van der Waals surface area contributed by atoms with Gasteiger partial charge in [-0.15, -0.1) is 11.3 Å². The fraction of sp³-hybridized carbons (Fsp3) is 0.333. The fourth-order valence-electron chi connectivity index (χ4n) is 3.49. The van der Waals surface area contributed by atoms with Crippen LogP contribution in [0.2, 0.25) is 5.02 Å². The molecule has 0 spiro atoms. The number of nitrogens with one attached hydrogen (secondary N) is 2. The zero-order valence-corrected chi connectivity index (χ0v) is 18.8. The van der Waals surface area contributed by atoms with Gasteiger partial charge in [0.25, 0.3) is 0 Å². The number of piperazine rings is 1. The number of aromatic nitrogens is 2. The quantitative estimate of drug-likeness (QED) is 0.271. The summed E-state index contributed by atoms with van der Waals surface area (Å²) in [6.07, 6.45) is 1.44. The minimum absolute atomic E-state index is 0.241. The molecule has 11 heteroatoms. The Labute approximate surface area is 193 Å². The van der Waals surface area contributed by atoms with Gasteiger partial charge in [0.05, 0.1) is 21.7 Å². The minimum Gasteiger partial charge on any atom is -0.373 e. The van der Waals surface area contributed by atoms with Crippen molar-refractivity contribution in [3.05, 3.63) is 41.0 Å². The van der Waals surface area contributed by atoms with E-state index in [9.17, 15) is 9.59 Å². The predicted molar refractivity (Wildman–Crippen MR) is 125 cm³/mol. The van der Waals surface area contributed by atoms with Crippen LogP contribution >= 0.6 is 22.9 Å². The molecule has 1 amide bonds. The molecule has 32 heavy (non-hydrogen) atoms. The molecule has 0 saturated carbocycles. The summed E-state index contributed by atoms with van der Waals surface area (Å²) in [7, 11) is 0. The summed E-state index contributed by atoms with van der Waals surface area (Å²) in [5, 5.41) is 7.99. The third kappa shape index (κ3) is 5.52. The topological polar surface area (TPSA) is 122 Å². The number of halogens is 1. The second-order valence-electron chi connectivity index (χ2n) is 7.33. The van der Waals surface area contributed by atoms with Gasteiger partial charge in [0.2, 0.25) is 5.95 Å². The molecule has 1 saturated heterocycles. The van der Waals surface area contributed by atoms with E-state index in [4.69, 9.17) is 17.3 Å². The standard InChI is InChI=1S/C21H23ClN6O3S/c22-15-12-26-21(25-4-1-7-28-8-5-24-6-9-28)27-18(15)17-10-13-2-3-14(11-16(13)32-17)19(29)31-20(23)30/h2-3,10-12,24H,1,4-9H2,(H2,23,30)(H,25,26,27). The van der Waals surface area contributed by atoms with Crippen molar-refractivity contribution in [2.24, 2.45) is 5.73 Å². The number of hydrogen-bond acceptors (Lipinski definition) is 9. The lowest BCUT2D eigenvalue weighted by Gasteiger charge is -2.27. The number of rotatable bonds is 7. The summed E-state index contributed by atoms with van der Waals surface area (Å²) in [4.78, 5) is 34.9. The van der Waals surface area contributed by atoms with E-state index in [1.165, 1.54) is 11.3 Å². The maximum Gasteiger partial charge on any atom is 0.412 e. The molecule has 1 aliphatic heterocycles. The molecule has 1 fully saturated rings. The number of amides is 1. The van der Waals surface area contributed by atoms with E-state index in [-0.39, 0.29) is 5.56 Å². The van der Waals surface area contributed by atoms with Crippen molar-refractivity contribution >= 4 is 51.0 Å². The largest absolute Gasteiger partial charge is 0.412 e. The van der Waals surface area contributed by atoms with Crippen LogP contribution in [0.4, 0.5) is 10.7 Å². The number of anilines is 1. The zero-order valence-electron chi connectivity index (χ0n) is 17.3. The number of esters is 1. The molecule has 168 valence electrons. The van der Waals surface area contributed by atoms with Crippen LogP contribution in [0.3, 0.4) is 0 Å². The number of benzene rings is 1. The molecule has 1 aliphatic rings. The second kappa shape index (κ2) is 10.2. The SMILES string of the molecule is NC(=O)OC(=O)c1ccc2cc(-c3nc(NCCCN4CCNCC4)ncc3Cl)sc2c1. The minimum atomic E-state index is -1.14. The lowest BCUT2D eigenvalue weighted by molar-refractivity contribution is 0.0638. The molecule has 0 bridgehead atoms. The van der Waals surface area contributed by atoms with Crippen molar-refractivity contribution in [2.45, 2.75) is 6.42 Å². The van der Waals surface area contributed by atoms with Crippen LogP contribution < -0.4 is 16.4 Å². The van der Waals surface area contributed by atoms with Gasteiger partial charge in [-0.2, -0.15) is 0 Å². The molecule has 9 nitrogen and oxygen atoms in total. The first-order valence-corrected chi connectivity index (χ1v) is 11.4. The molecule has 3 aromatic rings. The Kier molecular flexibility index (Phi) is 7.15. The monoisotopic (exact) mass is 474 g/mol. The van der Waals surface area contributed by atoms with Gasteiger partial charge in [-0.1, -0.05) is 17.7 Å². The number of carbonyl (C=O) groups excluding carboxylic acids is 2. The first-order valence-electron chi connectivity index (χ1n) is 10.2. The Morgan fingerprint density at radius 1 is 1.28 bits per heavy atom. The first-order chi connectivity index (χ1) is 15.5. The van der Waals surface area contributed by atoms with Crippen LogP contribution in [0.25, 0.3) is 20.7 Å². The smallest absolute Gasteiger partial charge is 0.373 e. The maximum absolute atomic E-state index is 11.9. The Hall–Kier alpha value is -2.79. The molecule has 0 aliphatic carbocycles. The normalized spacial score (nSPS) is 14.4. The van der Waals surface area contributed by atoms with E-state index in [1.54, 1.807) is 24.4 Å². The van der Waals surface area contributed by atoms with E-state index >= 15 is 0 Å². The average molecular weight is 475 g/mol. The van der Waals surface area contributed by atoms with Gasteiger partial charge in [-0.25, -0.2) is 19.6 Å². The molecular formula is C21H23ClN6O3S. The van der Waals surface area contributed by atoms with Crippen LogP contribution in [0.15, 0.2) is 30.5 Å². The van der Waals surface area contributed by atoms with E-state index in [2.05, 4.69) is 30.2 Å². The number of ether oxygens (including phenoxy) is 1. The van der Waals surface area contributed by atoms with Crippen LogP contribution in [-0.4, -0.2) is 66.2 Å². The average Bonchev–Trinajstić information content (AvgIpc) is 3.21. The maximum atomic E-state index is 11.9. The highest BCUT2D eigenvalue weighted by atomic mass is 35.5. The van der Waals surface area contributed by atoms with Crippen molar-refractivity contribution in [3.8, 4) is 10.6 Å². The van der Waals surface area contributed by atoms with Gasteiger partial charge in [0.1, 0.15) is 5.69 Å². The van der Waals surface area contributed by atoms with Crippen LogP contribution in [-0.2, 0) is 4.74 Å². The van der Waals surface area contributed by atoms with Crippen molar-refractivity contribution in [2.75, 3.05) is 44.6 Å². The third-order valence-corrected chi connectivity index (χ3v) is 6.45. The summed E-state index contributed by atoms with van der Waals surface area (Å²) < 4.78 is 5.28. The lowest BCUT2D eigenvalue weighted by atomic mass is 10.1. The molecule has 2 aromatic heterocycles. The number of hydrogen-bond donors (Lipinski definition) is 3. The highest BCUT2D eigenvalue weighted by Crippen LogP contribution is 2.36. The predicted octanol–water partition coefficient (Wildman–Crippen LogP) is 2.95. The highest BCUT2D eigenvalue weighted by molar-refractivity contribution is 7.22. The van der Waals surface area contributed by atoms with E-state index in [0.29, 0.717) is 16.7 Å². The number of primary amides is 1. The van der Waals surface area contributed by atoms with Crippen molar-refractivity contribution < 1.29 is 14.3 Å². The summed E-state index contributed by atoms with van der Waals surface area (Å²) in [6.45, 7) is 6.04. The summed E-state index contributed by atoms with van der Waals surface area (Å²) in [6, 6.07) is 6.96. The van der Waals surface area contributed by atoms with Gasteiger partial charge in [0.15, 0.2) is 0 Å². The van der Waals surface area contributed by atoms with Crippen molar-refractivity contribution in [1.29, 1.82) is 0 Å². The van der Waals surface area contributed by atoms with Crippen LogP contribution in [0.1, 0.15) is 16.8 Å². The highest BCUT2D eigenvalue weighted by Gasteiger charge is 2.15. The first kappa shape index (κ1) is 22.4. The fourth-order valence-corrected chi connectivity index (χ4v) is 4.84. The number of fused-ring (bicyclic) bond motifs is 1. The second-order valence-corrected chi connectivity index (χ2v) is 8.82. The zero-order chi connectivity index (χ0) is 22.5. The van der Waals surface area contributed by atoms with Crippen LogP contribution in [0, 0.1) is 0 Å². The number of thiophene rings is 1. The molecule has 4 rings (SSSR count). The van der Waals surface area contributed by atoms with Crippen molar-refractivity contribution in [3.63, 3.8) is 0 Å². The Balaban J connectivity index is 1.45. The lowest BCUT2D eigenvalue weighted by Crippen LogP contribution is -2.44. The molecule has 1 aromatic carbocycles. The summed E-state index contributed by atoms with van der Waals surface area (Å²) in [5.41, 5.74) is 5.78. The van der Waals surface area contributed by atoms with E-state index < -0.39 is 12.1 Å². The van der Waals surface area contributed by atoms with Crippen molar-refractivity contribution in [1.82, 2.24) is 20.2 Å². The molecule has 3 heterocycles. The molecular weight excluding hydrogens is 452 g/mol. The molecule has 4 N–H and O–H groups in total. The van der Waals surface area contributed by atoms with E-state index in [0.717, 1.165) is 60.7 Å². The Morgan fingerprint density at radius 2 is 2.09 bits per heavy atom. The molecule has 0 unspecified atom stereocenters. The van der Waals surface area contributed by atoms with Gasteiger partial charge in [0, 0.05) is 37.4 Å². The van der Waals surface area contributed by atoms with Gasteiger partial charge >= 0.3 is 12.1 Å². The molecule has 0 radical (unpaired) electrons. The Bertz CT molecular complexity index is 1130. The number of nitrogens with zero attached hydrogens (tertiary/aromatic N) is 3. The molecule has 0 atom stereocenters. The van der Waals surface area contributed by atoms with Gasteiger partial charge in [-0.3, -0.25) is 0 Å². The van der Waals surface area contributed by atoms with E-state index in [1.807, 2.05) is 6.07 Å².